The van der Waals surface area contributed by atoms with Crippen molar-refractivity contribution in [1.82, 2.24) is 5.43 Å². The molecule has 35 heavy (non-hydrogen) atoms. The zero-order chi connectivity index (χ0) is 25.2. The summed E-state index contributed by atoms with van der Waals surface area (Å²) in [7, 11) is 1.57. The Morgan fingerprint density at radius 1 is 1.06 bits per heavy atom. The first-order chi connectivity index (χ1) is 16.9. The van der Waals surface area contributed by atoms with Crippen molar-refractivity contribution >= 4 is 18.1 Å². The Morgan fingerprint density at radius 3 is 2.49 bits per heavy atom. The quantitative estimate of drug-likeness (QED) is 0.252. The van der Waals surface area contributed by atoms with Crippen molar-refractivity contribution in [3.8, 4) is 17.2 Å². The number of carbonyl (C=O) groups is 2. The summed E-state index contributed by atoms with van der Waals surface area (Å²) in [5, 5.41) is 13.7. The molecule has 0 unspecified atom stereocenters. The molecular weight excluding hydrogens is 448 g/mol. The van der Waals surface area contributed by atoms with Crippen LogP contribution in [0.15, 0.2) is 71.8 Å². The van der Waals surface area contributed by atoms with Gasteiger partial charge in [-0.2, -0.15) is 5.10 Å². The van der Waals surface area contributed by atoms with Crippen LogP contribution in [0.1, 0.15) is 45.7 Å². The van der Waals surface area contributed by atoms with E-state index in [1.807, 2.05) is 19.9 Å². The second kappa shape index (κ2) is 12.2. The van der Waals surface area contributed by atoms with Crippen molar-refractivity contribution < 1.29 is 28.9 Å². The summed E-state index contributed by atoms with van der Waals surface area (Å²) in [5.74, 6) is 0.479. The lowest BCUT2D eigenvalue weighted by atomic mass is 10.1. The predicted octanol–water partition coefficient (Wildman–Crippen LogP) is 4.56. The third-order valence-electron chi connectivity index (χ3n) is 4.86. The van der Waals surface area contributed by atoms with E-state index >= 15 is 0 Å². The number of benzene rings is 3. The maximum Gasteiger partial charge on any atom is 0.338 e. The average Bonchev–Trinajstić information content (AvgIpc) is 2.86. The van der Waals surface area contributed by atoms with Gasteiger partial charge in [0, 0.05) is 5.56 Å². The van der Waals surface area contributed by atoms with Gasteiger partial charge in [-0.3, -0.25) is 4.79 Å². The molecule has 8 heteroatoms. The molecule has 0 spiro atoms. The number of hydrazone groups is 1. The largest absolute Gasteiger partial charge is 0.507 e. The van der Waals surface area contributed by atoms with Crippen molar-refractivity contribution in [3.05, 3.63) is 89.0 Å². The summed E-state index contributed by atoms with van der Waals surface area (Å²) in [6.07, 6.45) is 1.48. The molecule has 2 N–H and O–H groups in total. The Labute approximate surface area is 204 Å². The zero-order valence-corrected chi connectivity index (χ0v) is 19.9. The number of nitrogens with zero attached hydrogens (tertiary/aromatic N) is 1. The van der Waals surface area contributed by atoms with E-state index in [-0.39, 0.29) is 29.8 Å². The van der Waals surface area contributed by atoms with Crippen LogP contribution in [0.3, 0.4) is 0 Å². The molecule has 8 nitrogen and oxygen atoms in total. The van der Waals surface area contributed by atoms with Crippen molar-refractivity contribution in [2.24, 2.45) is 11.0 Å². The van der Waals surface area contributed by atoms with Crippen LogP contribution >= 0.6 is 0 Å². The molecule has 0 heterocycles. The van der Waals surface area contributed by atoms with E-state index in [0.717, 1.165) is 5.56 Å². The van der Waals surface area contributed by atoms with Crippen molar-refractivity contribution in [2.75, 3.05) is 13.7 Å². The lowest BCUT2D eigenvalue weighted by Crippen LogP contribution is -2.17. The maximum atomic E-state index is 12.2. The fraction of sp³-hybridized carbons (Fsp3) is 0.222. The van der Waals surface area contributed by atoms with Gasteiger partial charge in [-0.05, 0) is 66.1 Å². The van der Waals surface area contributed by atoms with E-state index in [4.69, 9.17) is 14.2 Å². The highest BCUT2D eigenvalue weighted by Crippen LogP contribution is 2.22. The third kappa shape index (κ3) is 7.33. The number of hydrogen-bond acceptors (Lipinski definition) is 7. The van der Waals surface area contributed by atoms with Crippen LogP contribution in [0, 0.1) is 5.92 Å². The smallest absolute Gasteiger partial charge is 0.338 e. The first-order valence-corrected chi connectivity index (χ1v) is 11.1. The Bertz CT molecular complexity index is 1190. The van der Waals surface area contributed by atoms with E-state index in [1.165, 1.54) is 18.3 Å². The van der Waals surface area contributed by atoms with Crippen molar-refractivity contribution in [3.63, 3.8) is 0 Å². The van der Waals surface area contributed by atoms with Crippen LogP contribution in [0.2, 0.25) is 0 Å². The van der Waals surface area contributed by atoms with Crippen LogP contribution in [0.25, 0.3) is 0 Å². The van der Waals surface area contributed by atoms with Crippen LogP contribution in [-0.4, -0.2) is 36.9 Å². The summed E-state index contributed by atoms with van der Waals surface area (Å²) >= 11 is 0. The number of amides is 1. The van der Waals surface area contributed by atoms with E-state index in [2.05, 4.69) is 10.5 Å². The van der Waals surface area contributed by atoms with Gasteiger partial charge in [0.05, 0.1) is 31.1 Å². The molecule has 3 aromatic carbocycles. The number of esters is 1. The first kappa shape index (κ1) is 25.3. The summed E-state index contributed by atoms with van der Waals surface area (Å²) in [6.45, 7) is 4.54. The van der Waals surface area contributed by atoms with Crippen LogP contribution in [0.4, 0.5) is 0 Å². The van der Waals surface area contributed by atoms with Gasteiger partial charge in [0.1, 0.15) is 23.9 Å². The molecule has 0 radical (unpaired) electrons. The van der Waals surface area contributed by atoms with Gasteiger partial charge in [0.15, 0.2) is 0 Å². The van der Waals surface area contributed by atoms with Gasteiger partial charge in [-0.15, -0.1) is 0 Å². The summed E-state index contributed by atoms with van der Waals surface area (Å²) in [6, 6.07) is 18.3. The number of nitrogens with one attached hydrogen (secondary N) is 1. The van der Waals surface area contributed by atoms with E-state index < -0.39 is 5.91 Å². The van der Waals surface area contributed by atoms with Gasteiger partial charge >= 0.3 is 5.97 Å². The Balaban J connectivity index is 1.61. The normalized spacial score (nSPS) is 10.9. The molecule has 182 valence electrons. The topological polar surface area (TPSA) is 106 Å². The minimum Gasteiger partial charge on any atom is -0.507 e. The number of methoxy groups -OCH3 is 1. The van der Waals surface area contributed by atoms with Crippen LogP contribution in [0.5, 0.6) is 17.2 Å². The molecule has 1 amide bonds. The fourth-order valence-corrected chi connectivity index (χ4v) is 3.06. The SMILES string of the molecule is COc1ccc(C=NNC(=O)c2ccccc2O)cc1COc1ccc(C(=O)OCC(C)C)cc1. The average molecular weight is 477 g/mol. The van der Waals surface area contributed by atoms with Gasteiger partial charge in [-0.1, -0.05) is 26.0 Å². The Morgan fingerprint density at radius 2 is 1.80 bits per heavy atom. The van der Waals surface area contributed by atoms with Gasteiger partial charge in [0.25, 0.3) is 5.91 Å². The summed E-state index contributed by atoms with van der Waals surface area (Å²) in [4.78, 5) is 24.2. The number of phenolic OH excluding ortho intramolecular Hbond substituents is 1. The highest BCUT2D eigenvalue weighted by molar-refractivity contribution is 5.97. The molecule has 0 atom stereocenters. The number of para-hydroxylation sites is 1. The zero-order valence-electron chi connectivity index (χ0n) is 19.9. The monoisotopic (exact) mass is 476 g/mol. The minimum atomic E-state index is -0.520. The molecule has 3 aromatic rings. The lowest BCUT2D eigenvalue weighted by Gasteiger charge is -2.12. The predicted molar refractivity (Wildman–Crippen MR) is 132 cm³/mol. The Kier molecular flexibility index (Phi) is 8.83. The fourth-order valence-electron chi connectivity index (χ4n) is 3.06. The molecule has 0 aliphatic rings. The molecule has 3 rings (SSSR count). The van der Waals surface area contributed by atoms with Gasteiger partial charge in [0.2, 0.25) is 0 Å². The standard InChI is InChI=1S/C27H28N2O6/c1-18(2)16-35-27(32)20-9-11-22(12-10-20)34-17-21-14-19(8-13-25(21)33-3)15-28-29-26(31)23-6-4-5-7-24(23)30/h4-15,18,30H,16-17H2,1-3H3,(H,29,31). The minimum absolute atomic E-state index is 0.121. The van der Waals surface area contributed by atoms with E-state index in [1.54, 1.807) is 55.6 Å². The van der Waals surface area contributed by atoms with Crippen LogP contribution in [-0.2, 0) is 11.3 Å². The maximum absolute atomic E-state index is 12.2. The molecule has 0 fully saturated rings. The lowest BCUT2D eigenvalue weighted by molar-refractivity contribution is 0.0458. The molecule has 0 bridgehead atoms. The number of ether oxygens (including phenoxy) is 3. The van der Waals surface area contributed by atoms with Gasteiger partial charge in [-0.25, -0.2) is 10.2 Å². The number of rotatable bonds is 10. The Hall–Kier alpha value is -4.33. The highest BCUT2D eigenvalue weighted by atomic mass is 16.5. The number of aromatic hydroxyl groups is 1. The summed E-state index contributed by atoms with van der Waals surface area (Å²) < 4.78 is 16.5. The molecule has 0 saturated carbocycles. The highest BCUT2D eigenvalue weighted by Gasteiger charge is 2.11. The van der Waals surface area contributed by atoms with Gasteiger partial charge < -0.3 is 19.3 Å². The number of hydrogen-bond donors (Lipinski definition) is 2. The van der Waals surface area contributed by atoms with Crippen molar-refractivity contribution in [2.45, 2.75) is 20.5 Å². The summed E-state index contributed by atoms with van der Waals surface area (Å²) in [5.41, 5.74) is 4.46. The second-order valence-electron chi connectivity index (χ2n) is 8.09. The number of carbonyl (C=O) groups excluding carboxylic acids is 2. The van der Waals surface area contributed by atoms with E-state index in [0.29, 0.717) is 29.2 Å². The molecular formula is C27H28N2O6. The third-order valence-corrected chi connectivity index (χ3v) is 4.86. The van der Waals surface area contributed by atoms with Crippen LogP contribution < -0.4 is 14.9 Å². The van der Waals surface area contributed by atoms with Crippen molar-refractivity contribution in [1.29, 1.82) is 0 Å². The molecule has 0 aliphatic carbocycles. The molecule has 0 aliphatic heterocycles. The first-order valence-electron chi connectivity index (χ1n) is 11.1. The van der Waals surface area contributed by atoms with E-state index in [9.17, 15) is 14.7 Å². The second-order valence-corrected chi connectivity index (χ2v) is 8.09. The molecule has 0 aromatic heterocycles. The number of phenols is 1. The molecule has 0 saturated heterocycles.